The molecule has 3 nitrogen and oxygen atoms in total. The molecular weight excluding hydrogens is 204 g/mol. The van der Waals surface area contributed by atoms with Gasteiger partial charge in [0.1, 0.15) is 5.75 Å². The molecule has 0 aliphatic carbocycles. The second-order valence-electron chi connectivity index (χ2n) is 3.29. The standard InChI is InChI=1S/C13H16O3/c1-4-16-12-8-6-5-7-11(12)9-10(2)13(14)15-3/h5-9H,4H2,1-3H3/b10-9+. The molecule has 0 spiro atoms. The summed E-state index contributed by atoms with van der Waals surface area (Å²) in [5.74, 6) is 0.444. The highest BCUT2D eigenvalue weighted by atomic mass is 16.5. The van der Waals surface area contributed by atoms with Crippen LogP contribution in [0.3, 0.4) is 0 Å². The summed E-state index contributed by atoms with van der Waals surface area (Å²) in [5.41, 5.74) is 1.43. The Bertz CT molecular complexity index is 394. The Morgan fingerprint density at radius 2 is 2.06 bits per heavy atom. The molecule has 3 heteroatoms. The second-order valence-corrected chi connectivity index (χ2v) is 3.29. The van der Waals surface area contributed by atoms with Crippen molar-refractivity contribution < 1.29 is 14.3 Å². The van der Waals surface area contributed by atoms with Crippen LogP contribution in [0, 0.1) is 0 Å². The van der Waals surface area contributed by atoms with E-state index in [2.05, 4.69) is 4.74 Å². The van der Waals surface area contributed by atoms with Gasteiger partial charge < -0.3 is 9.47 Å². The van der Waals surface area contributed by atoms with Crippen molar-refractivity contribution in [2.45, 2.75) is 13.8 Å². The predicted molar refractivity (Wildman–Crippen MR) is 63.3 cm³/mol. The summed E-state index contributed by atoms with van der Waals surface area (Å²) in [6.07, 6.45) is 1.76. The predicted octanol–water partition coefficient (Wildman–Crippen LogP) is 2.66. The molecule has 0 amide bonds. The maximum Gasteiger partial charge on any atom is 0.333 e. The number of methoxy groups -OCH3 is 1. The SMILES string of the molecule is CCOc1ccccc1/C=C(\C)C(=O)OC. The lowest BCUT2D eigenvalue weighted by Crippen LogP contribution is -2.01. The number of esters is 1. The summed E-state index contributed by atoms with van der Waals surface area (Å²) >= 11 is 0. The van der Waals surface area contributed by atoms with E-state index in [0.717, 1.165) is 11.3 Å². The van der Waals surface area contributed by atoms with Gasteiger partial charge in [0.25, 0.3) is 0 Å². The molecule has 0 saturated carbocycles. The van der Waals surface area contributed by atoms with Crippen molar-refractivity contribution in [2.24, 2.45) is 0 Å². The van der Waals surface area contributed by atoms with E-state index >= 15 is 0 Å². The number of benzene rings is 1. The van der Waals surface area contributed by atoms with Gasteiger partial charge in [-0.3, -0.25) is 0 Å². The molecule has 1 aromatic carbocycles. The number of carbonyl (C=O) groups excluding carboxylic acids is 1. The Hall–Kier alpha value is -1.77. The minimum absolute atomic E-state index is 0.327. The highest BCUT2D eigenvalue weighted by Crippen LogP contribution is 2.21. The van der Waals surface area contributed by atoms with Gasteiger partial charge >= 0.3 is 5.97 Å². The molecule has 0 radical (unpaired) electrons. The zero-order valence-electron chi connectivity index (χ0n) is 9.82. The summed E-state index contributed by atoms with van der Waals surface area (Å²) < 4.78 is 10.1. The maximum atomic E-state index is 11.3. The molecule has 0 aliphatic rings. The van der Waals surface area contributed by atoms with Crippen LogP contribution in [-0.2, 0) is 9.53 Å². The molecule has 1 aromatic rings. The summed E-state index contributed by atoms with van der Waals surface area (Å²) in [6, 6.07) is 7.58. The van der Waals surface area contributed by atoms with Gasteiger partial charge in [0.15, 0.2) is 0 Å². The zero-order valence-corrected chi connectivity index (χ0v) is 9.82. The third-order valence-electron chi connectivity index (χ3n) is 2.10. The van der Waals surface area contributed by atoms with Gasteiger partial charge in [0, 0.05) is 11.1 Å². The lowest BCUT2D eigenvalue weighted by molar-refractivity contribution is -0.135. The highest BCUT2D eigenvalue weighted by molar-refractivity contribution is 5.93. The van der Waals surface area contributed by atoms with Crippen LogP contribution >= 0.6 is 0 Å². The minimum atomic E-state index is -0.327. The van der Waals surface area contributed by atoms with Crippen molar-refractivity contribution >= 4 is 12.0 Å². The van der Waals surface area contributed by atoms with Gasteiger partial charge in [-0.2, -0.15) is 0 Å². The monoisotopic (exact) mass is 220 g/mol. The fraction of sp³-hybridized carbons (Fsp3) is 0.308. The number of hydrogen-bond donors (Lipinski definition) is 0. The average molecular weight is 220 g/mol. The maximum absolute atomic E-state index is 11.3. The third-order valence-corrected chi connectivity index (χ3v) is 2.10. The zero-order chi connectivity index (χ0) is 12.0. The molecule has 0 aromatic heterocycles. The van der Waals surface area contributed by atoms with Crippen LogP contribution in [0.25, 0.3) is 6.08 Å². The fourth-order valence-corrected chi connectivity index (χ4v) is 1.34. The van der Waals surface area contributed by atoms with E-state index in [0.29, 0.717) is 12.2 Å². The summed E-state index contributed by atoms with van der Waals surface area (Å²) in [4.78, 5) is 11.3. The summed E-state index contributed by atoms with van der Waals surface area (Å²) in [5, 5.41) is 0. The molecule has 0 bridgehead atoms. The van der Waals surface area contributed by atoms with Crippen molar-refractivity contribution in [1.29, 1.82) is 0 Å². The van der Waals surface area contributed by atoms with Crippen molar-refractivity contribution in [3.8, 4) is 5.75 Å². The van der Waals surface area contributed by atoms with Crippen LogP contribution in [0.5, 0.6) is 5.75 Å². The van der Waals surface area contributed by atoms with E-state index in [1.807, 2.05) is 31.2 Å². The Morgan fingerprint density at radius 1 is 1.38 bits per heavy atom. The van der Waals surface area contributed by atoms with Gasteiger partial charge in [-0.25, -0.2) is 4.79 Å². The van der Waals surface area contributed by atoms with E-state index < -0.39 is 0 Å². The van der Waals surface area contributed by atoms with Crippen LogP contribution < -0.4 is 4.74 Å². The van der Waals surface area contributed by atoms with Crippen molar-refractivity contribution in [3.05, 3.63) is 35.4 Å². The molecule has 1 rings (SSSR count). The number of rotatable bonds is 4. The molecule has 0 aliphatic heterocycles. The van der Waals surface area contributed by atoms with Crippen molar-refractivity contribution in [3.63, 3.8) is 0 Å². The average Bonchev–Trinajstić information content (AvgIpc) is 2.31. The molecule has 0 N–H and O–H groups in total. The normalized spacial score (nSPS) is 11.1. The van der Waals surface area contributed by atoms with Crippen LogP contribution in [-0.4, -0.2) is 19.7 Å². The number of hydrogen-bond acceptors (Lipinski definition) is 3. The summed E-state index contributed by atoms with van der Waals surface area (Å²) in [6.45, 7) is 4.24. The highest BCUT2D eigenvalue weighted by Gasteiger charge is 2.05. The first-order valence-corrected chi connectivity index (χ1v) is 5.17. The van der Waals surface area contributed by atoms with Crippen LogP contribution in [0.4, 0.5) is 0 Å². The van der Waals surface area contributed by atoms with Gasteiger partial charge in [-0.15, -0.1) is 0 Å². The Labute approximate surface area is 95.7 Å². The molecule has 16 heavy (non-hydrogen) atoms. The van der Waals surface area contributed by atoms with Crippen LogP contribution in [0.2, 0.25) is 0 Å². The Balaban J connectivity index is 2.99. The van der Waals surface area contributed by atoms with Gasteiger partial charge in [-0.1, -0.05) is 18.2 Å². The van der Waals surface area contributed by atoms with E-state index in [1.165, 1.54) is 7.11 Å². The van der Waals surface area contributed by atoms with Crippen molar-refractivity contribution in [2.75, 3.05) is 13.7 Å². The molecule has 0 fully saturated rings. The van der Waals surface area contributed by atoms with E-state index in [1.54, 1.807) is 13.0 Å². The quantitative estimate of drug-likeness (QED) is 0.578. The van der Waals surface area contributed by atoms with Gasteiger partial charge in [0.2, 0.25) is 0 Å². The number of ether oxygens (including phenoxy) is 2. The Morgan fingerprint density at radius 3 is 2.69 bits per heavy atom. The van der Waals surface area contributed by atoms with Crippen LogP contribution in [0.1, 0.15) is 19.4 Å². The first-order chi connectivity index (χ1) is 7.69. The first-order valence-electron chi connectivity index (χ1n) is 5.17. The largest absolute Gasteiger partial charge is 0.493 e. The lowest BCUT2D eigenvalue weighted by Gasteiger charge is -2.07. The molecule has 0 unspecified atom stereocenters. The molecule has 0 heterocycles. The molecule has 86 valence electrons. The molecular formula is C13H16O3. The second kappa shape index (κ2) is 5.95. The summed E-state index contributed by atoms with van der Waals surface area (Å²) in [7, 11) is 1.37. The van der Waals surface area contributed by atoms with Gasteiger partial charge in [0.05, 0.1) is 13.7 Å². The molecule has 0 atom stereocenters. The topological polar surface area (TPSA) is 35.5 Å². The van der Waals surface area contributed by atoms with Gasteiger partial charge in [-0.05, 0) is 26.0 Å². The van der Waals surface area contributed by atoms with Crippen molar-refractivity contribution in [1.82, 2.24) is 0 Å². The first kappa shape index (κ1) is 12.3. The third kappa shape index (κ3) is 3.12. The lowest BCUT2D eigenvalue weighted by atomic mass is 10.1. The number of carbonyl (C=O) groups is 1. The van der Waals surface area contributed by atoms with E-state index in [4.69, 9.17) is 4.74 Å². The number of para-hydroxylation sites is 1. The van der Waals surface area contributed by atoms with Crippen LogP contribution in [0.15, 0.2) is 29.8 Å². The van der Waals surface area contributed by atoms with E-state index in [9.17, 15) is 4.79 Å². The minimum Gasteiger partial charge on any atom is -0.493 e. The Kier molecular flexibility index (Phi) is 4.58. The smallest absolute Gasteiger partial charge is 0.333 e. The fourth-order valence-electron chi connectivity index (χ4n) is 1.34. The van der Waals surface area contributed by atoms with E-state index in [-0.39, 0.29) is 5.97 Å². The molecule has 0 saturated heterocycles.